The Morgan fingerprint density at radius 1 is 1.12 bits per heavy atom. The molecule has 2 atom stereocenters. The van der Waals surface area contributed by atoms with Crippen LogP contribution in [0.2, 0.25) is 0 Å². The lowest BCUT2D eigenvalue weighted by atomic mass is 9.91. The van der Waals surface area contributed by atoms with Gasteiger partial charge in [-0.05, 0) is 44.6 Å². The quantitative estimate of drug-likeness (QED) is 0.706. The smallest absolute Gasteiger partial charge is 0.0953 e. The highest BCUT2D eigenvalue weighted by Gasteiger charge is 2.22. The van der Waals surface area contributed by atoms with E-state index in [1.165, 1.54) is 11.1 Å². The molecule has 0 saturated carbocycles. The first kappa shape index (κ1) is 17.4. The van der Waals surface area contributed by atoms with E-state index in [9.17, 15) is 5.11 Å². The van der Waals surface area contributed by atoms with Crippen LogP contribution in [0.5, 0.6) is 0 Å². The molecule has 0 spiro atoms. The molecule has 2 aromatic carbocycles. The molecule has 1 aliphatic rings. The molecule has 3 nitrogen and oxygen atoms in total. The molecule has 1 aromatic heterocycles. The molecule has 2 heterocycles. The van der Waals surface area contributed by atoms with Crippen LogP contribution in [0.1, 0.15) is 28.9 Å². The topological polar surface area (TPSA) is 41.5 Å². The van der Waals surface area contributed by atoms with Crippen molar-refractivity contribution in [2.75, 3.05) is 19.7 Å². The predicted octanol–water partition coefficient (Wildman–Crippen LogP) is 4.35. The largest absolute Gasteiger partial charge is 0.388 e. The minimum Gasteiger partial charge on any atom is -0.388 e. The van der Waals surface area contributed by atoms with Gasteiger partial charge >= 0.3 is 0 Å². The van der Waals surface area contributed by atoms with E-state index in [1.54, 1.807) is 11.3 Å². The summed E-state index contributed by atoms with van der Waals surface area (Å²) in [4.78, 5) is 0. The van der Waals surface area contributed by atoms with Gasteiger partial charge in [-0.1, -0.05) is 48.5 Å². The summed E-state index contributed by atoms with van der Waals surface area (Å²) in [5, 5.41) is 18.6. The number of aliphatic hydroxyl groups is 1. The molecule has 134 valence electrons. The summed E-state index contributed by atoms with van der Waals surface area (Å²) >= 11 is 1.69. The maximum Gasteiger partial charge on any atom is 0.0953 e. The van der Waals surface area contributed by atoms with Crippen molar-refractivity contribution in [3.8, 4) is 11.1 Å². The lowest BCUT2D eigenvalue weighted by Crippen LogP contribution is -2.34. The fourth-order valence-corrected chi connectivity index (χ4v) is 4.24. The summed E-state index contributed by atoms with van der Waals surface area (Å²) in [6, 6.07) is 18.6. The summed E-state index contributed by atoms with van der Waals surface area (Å²) in [5.74, 6) is 0. The zero-order chi connectivity index (χ0) is 17.8. The van der Waals surface area contributed by atoms with Gasteiger partial charge in [0.2, 0.25) is 0 Å². The van der Waals surface area contributed by atoms with Crippen LogP contribution >= 0.6 is 11.3 Å². The van der Waals surface area contributed by atoms with Crippen LogP contribution in [0.25, 0.3) is 11.1 Å². The summed E-state index contributed by atoms with van der Waals surface area (Å²) in [6.07, 6.45) is 0.0293. The SMILES string of the molecule is OC(Cc1ccccc1-c1ccsc1)c1ccccc1C1CNCCO1. The Labute approximate surface area is 158 Å². The molecular weight excluding hydrogens is 342 g/mol. The van der Waals surface area contributed by atoms with Crippen molar-refractivity contribution >= 4 is 11.3 Å². The Morgan fingerprint density at radius 2 is 1.96 bits per heavy atom. The molecule has 0 amide bonds. The van der Waals surface area contributed by atoms with Crippen LogP contribution < -0.4 is 5.32 Å². The third-order valence-corrected chi connectivity index (χ3v) is 5.58. The Hall–Kier alpha value is -1.98. The van der Waals surface area contributed by atoms with Crippen molar-refractivity contribution < 1.29 is 9.84 Å². The second-order valence-electron chi connectivity index (χ2n) is 6.58. The fraction of sp³-hybridized carbons (Fsp3) is 0.273. The lowest BCUT2D eigenvalue weighted by molar-refractivity contribution is 0.0254. The van der Waals surface area contributed by atoms with Gasteiger partial charge in [0, 0.05) is 19.5 Å². The zero-order valence-electron chi connectivity index (χ0n) is 14.6. The second kappa shape index (κ2) is 8.14. The molecule has 0 bridgehead atoms. The minimum absolute atomic E-state index is 0.00159. The normalized spacial score (nSPS) is 18.6. The number of thiophene rings is 1. The molecular formula is C22H23NO2S. The van der Waals surface area contributed by atoms with Crippen LogP contribution in [0, 0.1) is 0 Å². The molecule has 1 aliphatic heterocycles. The first-order valence-corrected chi connectivity index (χ1v) is 9.97. The van der Waals surface area contributed by atoms with Crippen LogP contribution in [0.15, 0.2) is 65.4 Å². The fourth-order valence-electron chi connectivity index (χ4n) is 3.59. The highest BCUT2D eigenvalue weighted by molar-refractivity contribution is 7.08. The standard InChI is InChI=1S/C22H23NO2S/c24-21(13-16-5-1-2-6-18(16)17-9-12-26-15-17)19-7-3-4-8-20(19)22-14-23-10-11-25-22/h1-9,12,15,21-24H,10-11,13-14H2. The van der Waals surface area contributed by atoms with Gasteiger partial charge in [-0.3, -0.25) is 0 Å². The Balaban J connectivity index is 1.61. The third-order valence-electron chi connectivity index (χ3n) is 4.89. The number of hydrogen-bond donors (Lipinski definition) is 2. The van der Waals surface area contributed by atoms with Gasteiger partial charge in [0.1, 0.15) is 0 Å². The van der Waals surface area contributed by atoms with Crippen molar-refractivity contribution in [2.24, 2.45) is 0 Å². The van der Waals surface area contributed by atoms with Gasteiger partial charge in [-0.15, -0.1) is 0 Å². The molecule has 2 unspecified atom stereocenters. The van der Waals surface area contributed by atoms with Crippen molar-refractivity contribution in [3.05, 3.63) is 82.0 Å². The molecule has 3 aromatic rings. The first-order chi connectivity index (χ1) is 12.8. The van der Waals surface area contributed by atoms with Crippen LogP contribution in [-0.2, 0) is 11.2 Å². The Kier molecular flexibility index (Phi) is 5.46. The van der Waals surface area contributed by atoms with Crippen LogP contribution in [0.4, 0.5) is 0 Å². The number of rotatable bonds is 5. The van der Waals surface area contributed by atoms with Gasteiger partial charge in [-0.2, -0.15) is 11.3 Å². The van der Waals surface area contributed by atoms with E-state index in [2.05, 4.69) is 46.4 Å². The Bertz CT molecular complexity index is 841. The molecule has 1 fully saturated rings. The van der Waals surface area contributed by atoms with E-state index in [0.717, 1.165) is 29.8 Å². The van der Waals surface area contributed by atoms with E-state index in [-0.39, 0.29) is 6.10 Å². The number of ether oxygens (including phenoxy) is 1. The monoisotopic (exact) mass is 365 g/mol. The third kappa shape index (κ3) is 3.74. The van der Waals surface area contributed by atoms with Crippen molar-refractivity contribution in [1.82, 2.24) is 5.32 Å². The molecule has 4 rings (SSSR count). The van der Waals surface area contributed by atoms with E-state index in [4.69, 9.17) is 4.74 Å². The molecule has 2 N–H and O–H groups in total. The molecule has 0 aliphatic carbocycles. The van der Waals surface area contributed by atoms with Gasteiger partial charge in [0.15, 0.2) is 0 Å². The van der Waals surface area contributed by atoms with Crippen molar-refractivity contribution in [1.29, 1.82) is 0 Å². The summed E-state index contributed by atoms with van der Waals surface area (Å²) < 4.78 is 5.92. The predicted molar refractivity (Wildman–Crippen MR) is 106 cm³/mol. The van der Waals surface area contributed by atoms with E-state index < -0.39 is 6.10 Å². The maximum absolute atomic E-state index is 11.0. The highest BCUT2D eigenvalue weighted by atomic mass is 32.1. The summed E-state index contributed by atoms with van der Waals surface area (Å²) in [7, 11) is 0. The highest BCUT2D eigenvalue weighted by Crippen LogP contribution is 2.32. The van der Waals surface area contributed by atoms with Gasteiger partial charge < -0.3 is 15.2 Å². The summed E-state index contributed by atoms with van der Waals surface area (Å²) in [6.45, 7) is 2.38. The van der Waals surface area contributed by atoms with E-state index in [1.807, 2.05) is 24.3 Å². The van der Waals surface area contributed by atoms with Gasteiger partial charge in [0.25, 0.3) is 0 Å². The molecule has 0 radical (unpaired) electrons. The van der Waals surface area contributed by atoms with Gasteiger partial charge in [-0.25, -0.2) is 0 Å². The summed E-state index contributed by atoms with van der Waals surface area (Å²) in [5.41, 5.74) is 5.61. The van der Waals surface area contributed by atoms with Crippen LogP contribution in [-0.4, -0.2) is 24.8 Å². The van der Waals surface area contributed by atoms with E-state index >= 15 is 0 Å². The number of nitrogens with one attached hydrogen (secondary N) is 1. The van der Waals surface area contributed by atoms with Crippen LogP contribution in [0.3, 0.4) is 0 Å². The maximum atomic E-state index is 11.0. The van der Waals surface area contributed by atoms with Crippen molar-refractivity contribution in [3.63, 3.8) is 0 Å². The number of benzene rings is 2. The number of aliphatic hydroxyl groups excluding tert-OH is 1. The zero-order valence-corrected chi connectivity index (χ0v) is 15.4. The number of morpholine rings is 1. The lowest BCUT2D eigenvalue weighted by Gasteiger charge is -2.27. The molecule has 1 saturated heterocycles. The van der Waals surface area contributed by atoms with E-state index in [0.29, 0.717) is 13.0 Å². The second-order valence-corrected chi connectivity index (χ2v) is 7.36. The minimum atomic E-state index is -0.559. The Morgan fingerprint density at radius 3 is 2.77 bits per heavy atom. The molecule has 26 heavy (non-hydrogen) atoms. The average molecular weight is 365 g/mol. The number of hydrogen-bond acceptors (Lipinski definition) is 4. The molecule has 4 heteroatoms. The first-order valence-electron chi connectivity index (χ1n) is 9.02. The van der Waals surface area contributed by atoms with Gasteiger partial charge in [0.05, 0.1) is 18.8 Å². The van der Waals surface area contributed by atoms with Crippen molar-refractivity contribution in [2.45, 2.75) is 18.6 Å². The average Bonchev–Trinajstić information content (AvgIpc) is 3.24.